The van der Waals surface area contributed by atoms with E-state index in [1.54, 1.807) is 6.08 Å². The molecule has 0 bridgehead atoms. The van der Waals surface area contributed by atoms with Crippen LogP contribution in [0.25, 0.3) is 0 Å². The molecule has 0 saturated carbocycles. The first-order valence-corrected chi connectivity index (χ1v) is 35.7. The number of nitrogens with one attached hydrogen (secondary N) is 1. The van der Waals surface area contributed by atoms with Crippen LogP contribution >= 0.6 is 0 Å². The molecule has 0 aromatic heterocycles. The number of aliphatic hydroxyl groups is 5. The van der Waals surface area contributed by atoms with Gasteiger partial charge in [-0.1, -0.05) is 293 Å². The zero-order valence-corrected chi connectivity index (χ0v) is 55.0. The molecule has 494 valence electrons. The van der Waals surface area contributed by atoms with Crippen molar-refractivity contribution in [2.45, 2.75) is 372 Å². The van der Waals surface area contributed by atoms with Gasteiger partial charge >= 0.3 is 5.97 Å². The van der Waals surface area contributed by atoms with Gasteiger partial charge in [0.1, 0.15) is 24.4 Å². The number of ether oxygens (including phenoxy) is 3. The predicted octanol–water partition coefficient (Wildman–Crippen LogP) is 18.3. The zero-order valence-electron chi connectivity index (χ0n) is 55.0. The maximum atomic E-state index is 13.5. The van der Waals surface area contributed by atoms with Crippen molar-refractivity contribution in [1.29, 1.82) is 0 Å². The fourth-order valence-corrected chi connectivity index (χ4v) is 10.9. The molecule has 85 heavy (non-hydrogen) atoms. The van der Waals surface area contributed by atoms with Crippen molar-refractivity contribution in [2.75, 3.05) is 13.2 Å². The largest absolute Gasteiger partial charge is 0.454 e. The number of amides is 1. The summed E-state index contributed by atoms with van der Waals surface area (Å²) in [4.78, 5) is 26.7. The van der Waals surface area contributed by atoms with Crippen LogP contribution in [-0.2, 0) is 23.8 Å². The molecule has 1 aliphatic heterocycles. The molecule has 8 atom stereocenters. The van der Waals surface area contributed by atoms with Crippen molar-refractivity contribution in [3.05, 3.63) is 72.9 Å². The van der Waals surface area contributed by atoms with E-state index in [-0.39, 0.29) is 19.4 Å². The number of carbonyl (C=O) groups is 2. The molecule has 0 aromatic carbocycles. The third kappa shape index (κ3) is 48.7. The van der Waals surface area contributed by atoms with E-state index in [0.29, 0.717) is 12.8 Å². The number of esters is 1. The van der Waals surface area contributed by atoms with Crippen molar-refractivity contribution in [3.63, 3.8) is 0 Å². The van der Waals surface area contributed by atoms with E-state index in [2.05, 4.69) is 86.8 Å². The molecule has 1 amide bonds. The summed E-state index contributed by atoms with van der Waals surface area (Å²) in [6.45, 7) is 5.79. The number of aliphatic hydroxyl groups excluding tert-OH is 5. The standard InChI is InChI=1S/C74H133NO10/c1-4-7-10-13-16-19-22-25-27-29-30-31-32-33-34-35-36-37-38-39-41-44-47-50-53-56-59-62-69(79)85-72-71(81)70(80)68(63-76)84-74(72)83-64-65(66(77)60-57-54-51-48-45-42-24-21-18-15-12-9-6-3)75-73(82)67(78)61-58-55-52-49-46-43-40-28-26-23-20-17-14-11-8-5-2/h16,19,25-28,30-31,33-34,57,60,65-68,70-72,74,76-78,80-81H,4-15,17-18,20-24,29,32,35-56,58-59,61-64H2,1-3H3,(H,75,82)/b19-16-,27-25-,28-26+,31-30-,34-33-,60-57+. The third-order valence-electron chi connectivity index (χ3n) is 16.6. The average Bonchev–Trinajstić information content (AvgIpc) is 2.50. The Bertz CT molecular complexity index is 1660. The van der Waals surface area contributed by atoms with E-state index >= 15 is 0 Å². The molecule has 0 aromatic rings. The Hall–Kier alpha value is -2.90. The zero-order chi connectivity index (χ0) is 61.7. The van der Waals surface area contributed by atoms with Gasteiger partial charge in [-0.05, 0) is 96.3 Å². The lowest BCUT2D eigenvalue weighted by Crippen LogP contribution is -2.61. The number of unbranched alkanes of at least 4 members (excludes halogenated alkanes) is 37. The summed E-state index contributed by atoms with van der Waals surface area (Å²) in [5.74, 6) is -1.20. The van der Waals surface area contributed by atoms with E-state index in [1.165, 1.54) is 180 Å². The minimum atomic E-state index is -1.62. The molecule has 6 N–H and O–H groups in total. The highest BCUT2D eigenvalue weighted by molar-refractivity contribution is 5.80. The first kappa shape index (κ1) is 80.1. The van der Waals surface area contributed by atoms with Crippen molar-refractivity contribution in [2.24, 2.45) is 0 Å². The summed E-state index contributed by atoms with van der Waals surface area (Å²) in [7, 11) is 0. The summed E-state index contributed by atoms with van der Waals surface area (Å²) in [5, 5.41) is 57.2. The monoisotopic (exact) mass is 1200 g/mol. The van der Waals surface area contributed by atoms with Gasteiger partial charge in [-0.2, -0.15) is 0 Å². The Labute approximate surface area is 521 Å². The first-order valence-electron chi connectivity index (χ1n) is 35.7. The number of rotatable bonds is 61. The molecule has 11 nitrogen and oxygen atoms in total. The van der Waals surface area contributed by atoms with Gasteiger partial charge in [0, 0.05) is 6.42 Å². The molecule has 1 aliphatic rings. The van der Waals surface area contributed by atoms with Crippen LogP contribution in [0.4, 0.5) is 0 Å². The van der Waals surface area contributed by atoms with Crippen molar-refractivity contribution in [3.8, 4) is 0 Å². The average molecular weight is 1200 g/mol. The lowest BCUT2D eigenvalue weighted by Gasteiger charge is -2.41. The van der Waals surface area contributed by atoms with Crippen molar-refractivity contribution >= 4 is 11.9 Å². The van der Waals surface area contributed by atoms with Gasteiger partial charge in [0.05, 0.1) is 25.4 Å². The molecular formula is C74H133NO10. The second-order valence-corrected chi connectivity index (χ2v) is 24.6. The highest BCUT2D eigenvalue weighted by atomic mass is 16.7. The van der Waals surface area contributed by atoms with Crippen LogP contribution < -0.4 is 5.32 Å². The first-order chi connectivity index (χ1) is 41.7. The molecule has 8 unspecified atom stereocenters. The Balaban J connectivity index is 2.57. The quantitative estimate of drug-likeness (QED) is 0.0195. The predicted molar refractivity (Wildman–Crippen MR) is 356 cm³/mol. The molecule has 1 rings (SSSR count). The van der Waals surface area contributed by atoms with Crippen molar-refractivity contribution in [1.82, 2.24) is 5.32 Å². The summed E-state index contributed by atoms with van der Waals surface area (Å²) < 4.78 is 17.7. The third-order valence-corrected chi connectivity index (χ3v) is 16.6. The minimum Gasteiger partial charge on any atom is -0.454 e. The fraction of sp³-hybridized carbons (Fsp3) is 0.811. The molecule has 11 heteroatoms. The molecule has 0 aliphatic carbocycles. The van der Waals surface area contributed by atoms with E-state index in [9.17, 15) is 35.1 Å². The van der Waals surface area contributed by atoms with Gasteiger partial charge in [0.2, 0.25) is 5.91 Å². The summed E-state index contributed by atoms with van der Waals surface area (Å²) in [5.41, 5.74) is 0. The van der Waals surface area contributed by atoms with Gasteiger partial charge in [-0.3, -0.25) is 9.59 Å². The molecule has 1 fully saturated rings. The Morgan fingerprint density at radius 1 is 0.459 bits per heavy atom. The van der Waals surface area contributed by atoms with E-state index in [4.69, 9.17) is 14.2 Å². The van der Waals surface area contributed by atoms with Gasteiger partial charge in [-0.25, -0.2) is 0 Å². The number of carbonyl (C=O) groups excluding carboxylic acids is 2. The van der Waals surface area contributed by atoms with Crippen LogP contribution in [0.3, 0.4) is 0 Å². The van der Waals surface area contributed by atoms with Crippen LogP contribution in [0, 0.1) is 0 Å². The Kier molecular flexibility index (Phi) is 57.8. The SMILES string of the molecule is CCCCC/C=C\C/C=C\C/C=C\C/C=C\CCCCCCCCCCCCCC(=O)OC1C(OCC(NC(=O)C(O)CCCCCCCC/C=C/CCCCCCCC)C(O)/C=C/CCCCCCCCCCCCC)OC(CO)C(O)C1O. The summed E-state index contributed by atoms with van der Waals surface area (Å²) >= 11 is 0. The highest BCUT2D eigenvalue weighted by Crippen LogP contribution is 2.26. The molecular weight excluding hydrogens is 1060 g/mol. The lowest BCUT2D eigenvalue weighted by molar-refractivity contribution is -0.305. The van der Waals surface area contributed by atoms with Crippen LogP contribution in [0.5, 0.6) is 0 Å². The number of allylic oxidation sites excluding steroid dienone is 11. The van der Waals surface area contributed by atoms with E-state index in [0.717, 1.165) is 96.3 Å². The fourth-order valence-electron chi connectivity index (χ4n) is 10.9. The second-order valence-electron chi connectivity index (χ2n) is 24.6. The topological polar surface area (TPSA) is 175 Å². The van der Waals surface area contributed by atoms with Gasteiger partial charge in [0.15, 0.2) is 12.4 Å². The minimum absolute atomic E-state index is 0.118. The van der Waals surface area contributed by atoms with E-state index < -0.39 is 67.4 Å². The van der Waals surface area contributed by atoms with Crippen LogP contribution in [0.1, 0.15) is 323 Å². The number of hydrogen-bond donors (Lipinski definition) is 6. The second kappa shape index (κ2) is 61.3. The summed E-state index contributed by atoms with van der Waals surface area (Å²) in [6.07, 6.45) is 69.3. The van der Waals surface area contributed by atoms with Crippen LogP contribution in [0.2, 0.25) is 0 Å². The van der Waals surface area contributed by atoms with E-state index in [1.807, 2.05) is 6.08 Å². The van der Waals surface area contributed by atoms with Crippen LogP contribution in [0.15, 0.2) is 72.9 Å². The maximum Gasteiger partial charge on any atom is 0.306 e. The molecule has 0 radical (unpaired) electrons. The number of hydrogen-bond acceptors (Lipinski definition) is 10. The normalized spacial score (nSPS) is 18.8. The molecule has 1 heterocycles. The maximum absolute atomic E-state index is 13.5. The summed E-state index contributed by atoms with van der Waals surface area (Å²) in [6, 6.07) is -1.03. The smallest absolute Gasteiger partial charge is 0.306 e. The highest BCUT2D eigenvalue weighted by Gasteiger charge is 2.47. The Morgan fingerprint density at radius 3 is 1.25 bits per heavy atom. The van der Waals surface area contributed by atoms with Crippen molar-refractivity contribution < 1.29 is 49.3 Å². The Morgan fingerprint density at radius 2 is 0.812 bits per heavy atom. The van der Waals surface area contributed by atoms with Crippen LogP contribution in [-0.4, -0.2) is 99.6 Å². The van der Waals surface area contributed by atoms with Gasteiger partial charge < -0.3 is 45.1 Å². The van der Waals surface area contributed by atoms with Gasteiger partial charge in [0.25, 0.3) is 0 Å². The molecule has 0 spiro atoms. The van der Waals surface area contributed by atoms with Gasteiger partial charge in [-0.15, -0.1) is 0 Å². The molecule has 1 saturated heterocycles. The lowest BCUT2D eigenvalue weighted by atomic mass is 9.99.